The number of methoxy groups -OCH3 is 1. The SMILES string of the molecule is CCOc1c(OC)ccc2c1CCNC2c1c(C)cc(C)cc1C. The summed E-state index contributed by atoms with van der Waals surface area (Å²) < 4.78 is 11.5. The van der Waals surface area contributed by atoms with E-state index in [-0.39, 0.29) is 6.04 Å². The van der Waals surface area contributed by atoms with Crippen molar-refractivity contribution in [3.63, 3.8) is 0 Å². The standard InChI is InChI=1S/C21H27NO2/c1-6-24-21-17-9-10-22-20(16(17)7-8-18(21)23-5)19-14(3)11-13(2)12-15(19)4/h7-8,11-12,20,22H,6,9-10H2,1-5H3. The minimum absolute atomic E-state index is 0.208. The first-order chi connectivity index (χ1) is 11.6. The smallest absolute Gasteiger partial charge is 0.164 e. The van der Waals surface area contributed by atoms with Crippen LogP contribution in [0, 0.1) is 20.8 Å². The highest BCUT2D eigenvalue weighted by Gasteiger charge is 2.27. The highest BCUT2D eigenvalue weighted by molar-refractivity contribution is 5.56. The summed E-state index contributed by atoms with van der Waals surface area (Å²) in [4.78, 5) is 0. The first-order valence-corrected chi connectivity index (χ1v) is 8.70. The Morgan fingerprint density at radius 3 is 2.46 bits per heavy atom. The van der Waals surface area contributed by atoms with E-state index in [0.29, 0.717) is 6.61 Å². The van der Waals surface area contributed by atoms with Crippen molar-refractivity contribution in [2.24, 2.45) is 0 Å². The van der Waals surface area contributed by atoms with Crippen LogP contribution < -0.4 is 14.8 Å². The lowest BCUT2D eigenvalue weighted by Gasteiger charge is -2.31. The molecule has 1 heterocycles. The second kappa shape index (κ2) is 6.86. The van der Waals surface area contributed by atoms with Gasteiger partial charge in [-0.25, -0.2) is 0 Å². The van der Waals surface area contributed by atoms with E-state index < -0.39 is 0 Å². The van der Waals surface area contributed by atoms with E-state index in [2.05, 4.69) is 44.3 Å². The normalized spacial score (nSPS) is 16.6. The minimum Gasteiger partial charge on any atom is -0.493 e. The van der Waals surface area contributed by atoms with E-state index in [4.69, 9.17) is 9.47 Å². The van der Waals surface area contributed by atoms with Crippen LogP contribution >= 0.6 is 0 Å². The van der Waals surface area contributed by atoms with Crippen molar-refractivity contribution in [2.75, 3.05) is 20.3 Å². The molecule has 0 spiro atoms. The van der Waals surface area contributed by atoms with Crippen LogP contribution in [0.5, 0.6) is 11.5 Å². The fraction of sp³-hybridized carbons (Fsp3) is 0.429. The molecule has 0 aromatic heterocycles. The molecule has 1 unspecified atom stereocenters. The van der Waals surface area contributed by atoms with Gasteiger partial charge < -0.3 is 14.8 Å². The summed E-state index contributed by atoms with van der Waals surface area (Å²) in [6.07, 6.45) is 0.961. The third-order valence-corrected chi connectivity index (χ3v) is 4.83. The summed E-state index contributed by atoms with van der Waals surface area (Å²) in [7, 11) is 1.71. The van der Waals surface area contributed by atoms with E-state index in [1.54, 1.807) is 7.11 Å². The molecule has 128 valence electrons. The largest absolute Gasteiger partial charge is 0.493 e. The van der Waals surface area contributed by atoms with Crippen LogP contribution in [0.3, 0.4) is 0 Å². The lowest BCUT2D eigenvalue weighted by atomic mass is 9.84. The van der Waals surface area contributed by atoms with Gasteiger partial charge in [0, 0.05) is 12.1 Å². The van der Waals surface area contributed by atoms with Crippen LogP contribution in [0.15, 0.2) is 24.3 Å². The molecule has 3 nitrogen and oxygen atoms in total. The van der Waals surface area contributed by atoms with Gasteiger partial charge in [-0.1, -0.05) is 23.8 Å². The second-order valence-corrected chi connectivity index (χ2v) is 6.55. The average Bonchev–Trinajstić information content (AvgIpc) is 2.54. The Bertz CT molecular complexity index is 729. The number of hydrogen-bond acceptors (Lipinski definition) is 3. The van der Waals surface area contributed by atoms with Gasteiger partial charge in [0.05, 0.1) is 19.8 Å². The number of hydrogen-bond donors (Lipinski definition) is 1. The first kappa shape index (κ1) is 16.8. The molecule has 1 aliphatic heterocycles. The Hall–Kier alpha value is -2.00. The van der Waals surface area contributed by atoms with E-state index in [9.17, 15) is 0 Å². The fourth-order valence-corrected chi connectivity index (χ4v) is 3.97. The molecule has 0 saturated heterocycles. The fourth-order valence-electron chi connectivity index (χ4n) is 3.97. The lowest BCUT2D eigenvalue weighted by molar-refractivity contribution is 0.305. The second-order valence-electron chi connectivity index (χ2n) is 6.55. The van der Waals surface area contributed by atoms with Crippen molar-refractivity contribution in [2.45, 2.75) is 40.2 Å². The molecule has 0 amide bonds. The maximum Gasteiger partial charge on any atom is 0.164 e. The van der Waals surface area contributed by atoms with Crippen molar-refractivity contribution in [3.05, 3.63) is 57.6 Å². The van der Waals surface area contributed by atoms with Gasteiger partial charge in [0.1, 0.15) is 0 Å². The summed E-state index contributed by atoms with van der Waals surface area (Å²) in [6.45, 7) is 10.2. The topological polar surface area (TPSA) is 30.5 Å². The Labute approximate surface area is 145 Å². The third kappa shape index (κ3) is 2.89. The molecule has 1 aliphatic rings. The quantitative estimate of drug-likeness (QED) is 0.911. The number of benzene rings is 2. The van der Waals surface area contributed by atoms with Gasteiger partial charge in [-0.3, -0.25) is 0 Å². The van der Waals surface area contributed by atoms with Crippen LogP contribution in [-0.2, 0) is 6.42 Å². The summed E-state index contributed by atoms with van der Waals surface area (Å²) in [5.41, 5.74) is 7.96. The zero-order valence-electron chi connectivity index (χ0n) is 15.3. The monoisotopic (exact) mass is 325 g/mol. The Balaban J connectivity index is 2.15. The predicted octanol–water partition coefficient (Wildman–Crippen LogP) is 4.25. The first-order valence-electron chi connectivity index (χ1n) is 8.70. The zero-order valence-corrected chi connectivity index (χ0v) is 15.3. The van der Waals surface area contributed by atoms with Crippen LogP contribution in [0.1, 0.15) is 46.3 Å². The molecule has 24 heavy (non-hydrogen) atoms. The zero-order chi connectivity index (χ0) is 17.3. The molecule has 3 rings (SSSR count). The van der Waals surface area contributed by atoms with Gasteiger partial charge in [-0.15, -0.1) is 0 Å². The molecule has 0 saturated carbocycles. The van der Waals surface area contributed by atoms with Crippen molar-refractivity contribution >= 4 is 0 Å². The van der Waals surface area contributed by atoms with Crippen LogP contribution in [0.4, 0.5) is 0 Å². The Morgan fingerprint density at radius 1 is 1.12 bits per heavy atom. The summed E-state index contributed by atoms with van der Waals surface area (Å²) in [5.74, 6) is 1.74. The number of nitrogens with one attached hydrogen (secondary N) is 1. The lowest BCUT2D eigenvalue weighted by Crippen LogP contribution is -2.32. The van der Waals surface area contributed by atoms with E-state index in [1.807, 2.05) is 13.0 Å². The van der Waals surface area contributed by atoms with Gasteiger partial charge in [-0.05, 0) is 62.4 Å². The van der Waals surface area contributed by atoms with Gasteiger partial charge in [-0.2, -0.15) is 0 Å². The number of ether oxygens (including phenoxy) is 2. The highest BCUT2D eigenvalue weighted by atomic mass is 16.5. The molecule has 0 fully saturated rings. The Kier molecular flexibility index (Phi) is 4.81. The van der Waals surface area contributed by atoms with Crippen molar-refractivity contribution < 1.29 is 9.47 Å². The van der Waals surface area contributed by atoms with Gasteiger partial charge in [0.2, 0.25) is 0 Å². The molecule has 2 aromatic rings. The van der Waals surface area contributed by atoms with Gasteiger partial charge in [0.25, 0.3) is 0 Å². The number of fused-ring (bicyclic) bond motifs is 1. The van der Waals surface area contributed by atoms with Crippen LogP contribution in [0.2, 0.25) is 0 Å². The molecule has 0 bridgehead atoms. The van der Waals surface area contributed by atoms with Gasteiger partial charge in [0.15, 0.2) is 11.5 Å². The van der Waals surface area contributed by atoms with Crippen molar-refractivity contribution in [1.82, 2.24) is 5.32 Å². The Morgan fingerprint density at radius 2 is 1.83 bits per heavy atom. The molecular weight excluding hydrogens is 298 g/mol. The molecule has 1 N–H and O–H groups in total. The summed E-state index contributed by atoms with van der Waals surface area (Å²) in [6, 6.07) is 8.96. The van der Waals surface area contributed by atoms with Crippen molar-refractivity contribution in [1.29, 1.82) is 0 Å². The highest BCUT2D eigenvalue weighted by Crippen LogP contribution is 2.41. The number of rotatable bonds is 4. The minimum atomic E-state index is 0.208. The summed E-state index contributed by atoms with van der Waals surface area (Å²) >= 11 is 0. The van der Waals surface area contributed by atoms with Crippen LogP contribution in [0.25, 0.3) is 0 Å². The van der Waals surface area contributed by atoms with E-state index in [0.717, 1.165) is 24.5 Å². The van der Waals surface area contributed by atoms with E-state index in [1.165, 1.54) is 33.4 Å². The average molecular weight is 325 g/mol. The molecule has 0 aliphatic carbocycles. The predicted molar refractivity (Wildman–Crippen MR) is 98.4 cm³/mol. The van der Waals surface area contributed by atoms with E-state index >= 15 is 0 Å². The summed E-state index contributed by atoms with van der Waals surface area (Å²) in [5, 5.41) is 3.70. The molecule has 2 aromatic carbocycles. The maximum atomic E-state index is 5.94. The molecule has 1 atom stereocenters. The molecular formula is C21H27NO2. The molecule has 0 radical (unpaired) electrons. The molecule has 3 heteroatoms. The van der Waals surface area contributed by atoms with Gasteiger partial charge >= 0.3 is 0 Å². The maximum absolute atomic E-state index is 5.94. The third-order valence-electron chi connectivity index (χ3n) is 4.83. The van der Waals surface area contributed by atoms with Crippen LogP contribution in [-0.4, -0.2) is 20.3 Å². The van der Waals surface area contributed by atoms with Crippen molar-refractivity contribution in [3.8, 4) is 11.5 Å². The number of aryl methyl sites for hydroxylation is 3.